The van der Waals surface area contributed by atoms with Crippen molar-refractivity contribution in [1.29, 1.82) is 5.26 Å². The number of rotatable bonds is 5. The number of nitrogens with zero attached hydrogens (tertiary/aromatic N) is 2. The molecule has 1 N–H and O–H groups in total. The highest BCUT2D eigenvalue weighted by atomic mass is 79.9. The summed E-state index contributed by atoms with van der Waals surface area (Å²) in [6.07, 6.45) is 3.70. The second-order valence-electron chi connectivity index (χ2n) is 5.75. The molecule has 128 valence electrons. The molecule has 0 radical (unpaired) electrons. The van der Waals surface area contributed by atoms with E-state index in [1.807, 2.05) is 42.5 Å². The monoisotopic (exact) mass is 397 g/mol. The van der Waals surface area contributed by atoms with E-state index >= 15 is 0 Å². The Labute approximate surface area is 156 Å². The van der Waals surface area contributed by atoms with Crippen molar-refractivity contribution < 1.29 is 4.79 Å². The number of hydrogen-bond donors (Lipinski definition) is 1. The highest BCUT2D eigenvalue weighted by Gasteiger charge is 2.33. The average molecular weight is 398 g/mol. The lowest BCUT2D eigenvalue weighted by Crippen LogP contribution is -2.30. The van der Waals surface area contributed by atoms with Gasteiger partial charge in [-0.2, -0.15) is 5.26 Å². The summed E-state index contributed by atoms with van der Waals surface area (Å²) in [4.78, 5) is 16.8. The molecule has 2 aromatic rings. The van der Waals surface area contributed by atoms with Crippen molar-refractivity contribution in [2.75, 3.05) is 0 Å². The first-order valence-corrected chi connectivity index (χ1v) is 8.57. The third-order valence-electron chi connectivity index (χ3n) is 3.93. The number of pyridine rings is 1. The number of halogens is 1. The van der Waals surface area contributed by atoms with Gasteiger partial charge in [0.05, 0.1) is 11.7 Å². The molecule has 1 saturated carbocycles. The molecule has 1 amide bonds. The summed E-state index contributed by atoms with van der Waals surface area (Å²) in [6.45, 7) is 0. The summed E-state index contributed by atoms with van der Waals surface area (Å²) in [5.41, 5.74) is 1.70. The van der Waals surface area contributed by atoms with Gasteiger partial charge < -0.3 is 5.32 Å². The fourth-order valence-electron chi connectivity index (χ4n) is 2.58. The molecule has 3 rings (SSSR count). The molecule has 1 heterocycles. The summed E-state index contributed by atoms with van der Waals surface area (Å²) in [7, 11) is 0. The van der Waals surface area contributed by atoms with Crippen LogP contribution in [0.1, 0.15) is 37.6 Å². The SMILES string of the molecule is C.N#C/C(=C\c1cccc(Br)n1)C(=O)N[C@@H](c1ccccc1)C1CC1. The van der Waals surface area contributed by atoms with Gasteiger partial charge in [0.15, 0.2) is 0 Å². The molecule has 1 aliphatic rings. The zero-order valence-corrected chi connectivity index (χ0v) is 14.5. The van der Waals surface area contributed by atoms with E-state index in [4.69, 9.17) is 0 Å². The van der Waals surface area contributed by atoms with Crippen LogP contribution in [0.15, 0.2) is 58.7 Å². The third-order valence-corrected chi connectivity index (χ3v) is 4.37. The highest BCUT2D eigenvalue weighted by molar-refractivity contribution is 9.10. The minimum absolute atomic E-state index is 0. The number of benzene rings is 1. The number of carbonyl (C=O) groups is 1. The quantitative estimate of drug-likeness (QED) is 0.453. The predicted octanol–water partition coefficient (Wildman–Crippen LogP) is 4.65. The minimum Gasteiger partial charge on any atom is -0.344 e. The van der Waals surface area contributed by atoms with Crippen molar-refractivity contribution in [3.05, 3.63) is 70.0 Å². The maximum absolute atomic E-state index is 12.5. The largest absolute Gasteiger partial charge is 0.344 e. The molecular weight excluding hydrogens is 378 g/mol. The zero-order valence-electron chi connectivity index (χ0n) is 12.9. The lowest BCUT2D eigenvalue weighted by Gasteiger charge is -2.18. The van der Waals surface area contributed by atoms with Crippen molar-refractivity contribution in [3.8, 4) is 6.07 Å². The second kappa shape index (κ2) is 8.59. The normalized spacial score (nSPS) is 14.8. The van der Waals surface area contributed by atoms with Crippen LogP contribution in [0.25, 0.3) is 6.08 Å². The summed E-state index contributed by atoms with van der Waals surface area (Å²) >= 11 is 3.29. The van der Waals surface area contributed by atoms with Gasteiger partial charge in [-0.15, -0.1) is 0 Å². The van der Waals surface area contributed by atoms with Gasteiger partial charge >= 0.3 is 0 Å². The van der Waals surface area contributed by atoms with Crippen LogP contribution >= 0.6 is 15.9 Å². The molecule has 1 aromatic heterocycles. The molecular formula is C20H20BrN3O. The highest BCUT2D eigenvalue weighted by Crippen LogP contribution is 2.41. The van der Waals surface area contributed by atoms with Crippen molar-refractivity contribution in [2.24, 2.45) is 5.92 Å². The van der Waals surface area contributed by atoms with E-state index in [9.17, 15) is 10.1 Å². The fraction of sp³-hybridized carbons (Fsp3) is 0.250. The molecule has 1 fully saturated rings. The van der Waals surface area contributed by atoms with Gasteiger partial charge in [0.1, 0.15) is 16.2 Å². The van der Waals surface area contributed by atoms with E-state index in [1.165, 1.54) is 6.08 Å². The van der Waals surface area contributed by atoms with Crippen LogP contribution in [-0.2, 0) is 4.79 Å². The van der Waals surface area contributed by atoms with Crippen LogP contribution < -0.4 is 5.32 Å². The van der Waals surface area contributed by atoms with Gasteiger partial charge in [0.2, 0.25) is 0 Å². The van der Waals surface area contributed by atoms with Gasteiger partial charge in [0, 0.05) is 0 Å². The van der Waals surface area contributed by atoms with E-state index in [2.05, 4.69) is 26.2 Å². The van der Waals surface area contributed by atoms with Crippen LogP contribution in [0.5, 0.6) is 0 Å². The molecule has 1 aliphatic carbocycles. The van der Waals surface area contributed by atoms with E-state index < -0.39 is 0 Å². The first-order valence-electron chi connectivity index (χ1n) is 7.77. The molecule has 0 spiro atoms. The predicted molar refractivity (Wildman–Crippen MR) is 102 cm³/mol. The lowest BCUT2D eigenvalue weighted by molar-refractivity contribution is -0.117. The fourth-order valence-corrected chi connectivity index (χ4v) is 2.94. The number of nitrogens with one attached hydrogen (secondary N) is 1. The molecule has 0 saturated heterocycles. The molecule has 0 aliphatic heterocycles. The summed E-state index contributed by atoms with van der Waals surface area (Å²) in [6, 6.07) is 17.2. The van der Waals surface area contributed by atoms with Gasteiger partial charge in [-0.1, -0.05) is 43.8 Å². The van der Waals surface area contributed by atoms with Crippen LogP contribution in [0.3, 0.4) is 0 Å². The van der Waals surface area contributed by atoms with Gasteiger partial charge in [-0.3, -0.25) is 4.79 Å². The Morgan fingerprint density at radius 2 is 1.96 bits per heavy atom. The topological polar surface area (TPSA) is 65.8 Å². The molecule has 25 heavy (non-hydrogen) atoms. The Bertz CT molecular complexity index is 807. The van der Waals surface area contributed by atoms with E-state index in [0.29, 0.717) is 16.2 Å². The Kier molecular flexibility index (Phi) is 6.49. The molecule has 0 bridgehead atoms. The maximum atomic E-state index is 12.5. The maximum Gasteiger partial charge on any atom is 0.262 e. The molecule has 4 nitrogen and oxygen atoms in total. The van der Waals surface area contributed by atoms with Gasteiger partial charge in [0.25, 0.3) is 5.91 Å². The average Bonchev–Trinajstić information content (AvgIpc) is 3.43. The lowest BCUT2D eigenvalue weighted by atomic mass is 10.0. The summed E-state index contributed by atoms with van der Waals surface area (Å²) in [5, 5.41) is 12.4. The Balaban J connectivity index is 0.00000225. The van der Waals surface area contributed by atoms with Crippen LogP contribution in [0.2, 0.25) is 0 Å². The van der Waals surface area contributed by atoms with Crippen LogP contribution in [-0.4, -0.2) is 10.9 Å². The number of amides is 1. The Morgan fingerprint density at radius 3 is 2.56 bits per heavy atom. The minimum atomic E-state index is -0.361. The number of carbonyl (C=O) groups excluding carboxylic acids is 1. The number of hydrogen-bond acceptors (Lipinski definition) is 3. The second-order valence-corrected chi connectivity index (χ2v) is 6.57. The third kappa shape index (κ3) is 5.01. The van der Waals surface area contributed by atoms with Crippen molar-refractivity contribution in [3.63, 3.8) is 0 Å². The van der Waals surface area contributed by atoms with Gasteiger partial charge in [-0.25, -0.2) is 4.98 Å². The zero-order chi connectivity index (χ0) is 16.9. The standard InChI is InChI=1S/C19H16BrN3O.CH4/c20-17-8-4-7-16(22-17)11-15(12-21)19(24)23-18(14-9-10-14)13-5-2-1-3-6-13;/h1-8,11,14,18H,9-10H2,(H,23,24);1H4/b15-11+;/t18-;/m0./s1. The smallest absolute Gasteiger partial charge is 0.262 e. The van der Waals surface area contributed by atoms with Crippen molar-refractivity contribution in [2.45, 2.75) is 26.3 Å². The number of aromatic nitrogens is 1. The van der Waals surface area contributed by atoms with E-state index in [1.54, 1.807) is 12.1 Å². The first kappa shape index (κ1) is 18.9. The van der Waals surface area contributed by atoms with Crippen molar-refractivity contribution >= 4 is 27.9 Å². The molecule has 0 unspecified atom stereocenters. The Morgan fingerprint density at radius 1 is 1.24 bits per heavy atom. The van der Waals surface area contributed by atoms with Crippen LogP contribution in [0, 0.1) is 17.2 Å². The first-order chi connectivity index (χ1) is 11.7. The number of nitriles is 1. The molecule has 1 aromatic carbocycles. The molecule has 5 heteroatoms. The van der Waals surface area contributed by atoms with E-state index in [-0.39, 0.29) is 24.9 Å². The molecule has 1 atom stereocenters. The summed E-state index contributed by atoms with van der Waals surface area (Å²) in [5.74, 6) is 0.0836. The van der Waals surface area contributed by atoms with Crippen LogP contribution in [0.4, 0.5) is 0 Å². The van der Waals surface area contributed by atoms with Crippen molar-refractivity contribution in [1.82, 2.24) is 10.3 Å². The van der Waals surface area contributed by atoms with E-state index in [0.717, 1.165) is 18.4 Å². The van der Waals surface area contributed by atoms with Gasteiger partial charge in [-0.05, 0) is 58.5 Å². The Hall–Kier alpha value is -2.45. The summed E-state index contributed by atoms with van der Waals surface area (Å²) < 4.78 is 0.661.